The summed E-state index contributed by atoms with van der Waals surface area (Å²) in [5.41, 5.74) is 4.65. The number of carbonyl (C=O) groups is 2. The number of ether oxygens (including phenoxy) is 3. The van der Waals surface area contributed by atoms with Crippen molar-refractivity contribution in [3.8, 4) is 11.5 Å². The first kappa shape index (κ1) is 36.7. The highest BCUT2D eigenvalue weighted by Gasteiger charge is 2.46. The van der Waals surface area contributed by atoms with E-state index in [0.717, 1.165) is 83.6 Å². The molecule has 8 rings (SSSR count). The van der Waals surface area contributed by atoms with Gasteiger partial charge >= 0.3 is 11.9 Å². The standard InChI is InChI=1S/C21H26N4O3.C19H22N4O3/c1-4-28-20(26)17-10-23-21(25-11-15-8-16(15)12-25)24-19(17)22-9-14-5-6-18(27-3)13(2)7-14;1-11-5-12(3-4-16(11)26-2)7-20-17-15(18(24)25)8-21-19(22-17)23-9-13-6-14(13)10-23/h5-7,10,15-16H,4,8-9,11-12H2,1-3H3,(H,22,23,24);3-5,8,13-14H,6-7,9-10H2,1-2H3,(H,24,25)(H,20,21,22). The molecule has 4 fully saturated rings. The van der Waals surface area contributed by atoms with E-state index in [1.807, 2.05) is 44.2 Å². The molecule has 2 saturated heterocycles. The monoisotopic (exact) mass is 736 g/mol. The van der Waals surface area contributed by atoms with Gasteiger partial charge in [0.1, 0.15) is 34.3 Å². The Morgan fingerprint density at radius 3 is 1.59 bits per heavy atom. The lowest BCUT2D eigenvalue weighted by Gasteiger charge is -2.19. The number of carboxylic acids is 1. The van der Waals surface area contributed by atoms with Crippen LogP contribution in [-0.2, 0) is 17.8 Å². The molecular weight excluding hydrogens is 688 g/mol. The van der Waals surface area contributed by atoms with Crippen molar-refractivity contribution in [1.29, 1.82) is 0 Å². The average molecular weight is 737 g/mol. The topological polar surface area (TPSA) is 164 Å². The van der Waals surface area contributed by atoms with Crippen molar-refractivity contribution in [1.82, 2.24) is 19.9 Å². The molecule has 14 heteroatoms. The fourth-order valence-corrected chi connectivity index (χ4v) is 7.43. The molecule has 2 aliphatic heterocycles. The zero-order valence-corrected chi connectivity index (χ0v) is 31.5. The second-order valence-electron chi connectivity index (χ2n) is 14.5. The van der Waals surface area contributed by atoms with E-state index in [-0.39, 0.29) is 5.56 Å². The van der Waals surface area contributed by atoms with Gasteiger partial charge in [-0.2, -0.15) is 9.97 Å². The number of nitrogens with zero attached hydrogens (tertiary/aromatic N) is 6. The molecule has 4 atom stereocenters. The quantitative estimate of drug-likeness (QED) is 0.145. The van der Waals surface area contributed by atoms with Crippen molar-refractivity contribution >= 4 is 35.5 Å². The van der Waals surface area contributed by atoms with Crippen molar-refractivity contribution in [3.63, 3.8) is 0 Å². The van der Waals surface area contributed by atoms with Gasteiger partial charge in [-0.1, -0.05) is 24.3 Å². The zero-order chi connectivity index (χ0) is 37.9. The zero-order valence-electron chi connectivity index (χ0n) is 31.5. The molecule has 4 aromatic rings. The van der Waals surface area contributed by atoms with Gasteiger partial charge in [-0.15, -0.1) is 0 Å². The number of fused-ring (bicyclic) bond motifs is 2. The number of aryl methyl sites for hydroxylation is 2. The van der Waals surface area contributed by atoms with Crippen molar-refractivity contribution < 1.29 is 28.9 Å². The van der Waals surface area contributed by atoms with E-state index in [0.29, 0.717) is 48.8 Å². The van der Waals surface area contributed by atoms with Crippen LogP contribution in [0.1, 0.15) is 62.7 Å². The van der Waals surface area contributed by atoms with E-state index in [9.17, 15) is 14.7 Å². The van der Waals surface area contributed by atoms with Gasteiger partial charge in [0, 0.05) is 51.7 Å². The van der Waals surface area contributed by atoms with Gasteiger partial charge < -0.3 is 39.8 Å². The minimum absolute atomic E-state index is 0.0864. The maximum atomic E-state index is 12.3. The minimum atomic E-state index is -1.03. The molecule has 4 aliphatic rings. The van der Waals surface area contributed by atoms with Crippen molar-refractivity contribution in [2.75, 3.05) is 67.4 Å². The summed E-state index contributed by atoms with van der Waals surface area (Å²) in [7, 11) is 3.31. The van der Waals surface area contributed by atoms with Gasteiger partial charge in [0.05, 0.1) is 20.8 Å². The fraction of sp³-hybridized carbons (Fsp3) is 0.450. The van der Waals surface area contributed by atoms with E-state index in [1.54, 1.807) is 27.3 Å². The number of aromatic nitrogens is 4. The first-order valence-corrected chi connectivity index (χ1v) is 18.5. The second-order valence-corrected chi connectivity index (χ2v) is 14.5. The van der Waals surface area contributed by atoms with Crippen LogP contribution < -0.4 is 29.9 Å². The molecule has 0 spiro atoms. The Balaban J connectivity index is 0.000000167. The smallest absolute Gasteiger partial charge is 0.343 e. The van der Waals surface area contributed by atoms with Gasteiger partial charge in [0.25, 0.3) is 0 Å². The first-order chi connectivity index (χ1) is 26.1. The second kappa shape index (κ2) is 15.7. The molecule has 4 unspecified atom stereocenters. The molecule has 3 N–H and O–H groups in total. The normalized spacial score (nSPS) is 20.2. The summed E-state index contributed by atoms with van der Waals surface area (Å²) in [6, 6.07) is 11.9. The van der Waals surface area contributed by atoms with Crippen LogP contribution in [0.4, 0.5) is 23.5 Å². The van der Waals surface area contributed by atoms with E-state index in [1.165, 1.54) is 19.0 Å². The highest BCUT2D eigenvalue weighted by molar-refractivity contribution is 5.94. The number of aromatic carboxylic acids is 1. The summed E-state index contributed by atoms with van der Waals surface area (Å²) in [4.78, 5) is 46.1. The Kier molecular flexibility index (Phi) is 10.7. The van der Waals surface area contributed by atoms with Gasteiger partial charge in [0.15, 0.2) is 0 Å². The van der Waals surface area contributed by atoms with Gasteiger partial charge in [-0.05, 0) is 91.7 Å². The third-order valence-electron chi connectivity index (χ3n) is 10.6. The highest BCUT2D eigenvalue weighted by Crippen LogP contribution is 2.46. The van der Waals surface area contributed by atoms with E-state index >= 15 is 0 Å². The molecule has 0 amide bonds. The number of carboxylic acid groups (broad SMARTS) is 1. The Morgan fingerprint density at radius 2 is 1.19 bits per heavy atom. The van der Waals surface area contributed by atoms with Crippen LogP contribution in [-0.4, -0.2) is 84.0 Å². The van der Waals surface area contributed by atoms with Crippen LogP contribution in [0.5, 0.6) is 11.5 Å². The third kappa shape index (κ3) is 8.27. The lowest BCUT2D eigenvalue weighted by molar-refractivity contribution is 0.0526. The lowest BCUT2D eigenvalue weighted by atomic mass is 10.1. The SMILES string of the molecule is CCOC(=O)c1cnc(N2CC3CC3C2)nc1NCc1ccc(OC)c(C)c1.COc1ccc(CNc2nc(N3CC4CC4C3)ncc2C(=O)O)cc1C. The molecule has 54 heavy (non-hydrogen) atoms. The Morgan fingerprint density at radius 1 is 0.741 bits per heavy atom. The van der Waals surface area contributed by atoms with Crippen LogP contribution in [0.2, 0.25) is 0 Å². The van der Waals surface area contributed by atoms with Crippen molar-refractivity contribution in [2.45, 2.75) is 46.7 Å². The maximum absolute atomic E-state index is 12.3. The minimum Gasteiger partial charge on any atom is -0.496 e. The molecule has 4 heterocycles. The van der Waals surface area contributed by atoms with E-state index in [2.05, 4.69) is 46.4 Å². The van der Waals surface area contributed by atoms with Gasteiger partial charge in [-0.3, -0.25) is 0 Å². The van der Waals surface area contributed by atoms with Crippen LogP contribution in [0.25, 0.3) is 0 Å². The molecule has 14 nitrogen and oxygen atoms in total. The molecule has 0 radical (unpaired) electrons. The van der Waals surface area contributed by atoms with E-state index in [4.69, 9.17) is 14.2 Å². The lowest BCUT2D eigenvalue weighted by Crippen LogP contribution is -2.25. The number of nitrogens with one attached hydrogen (secondary N) is 2. The number of benzene rings is 2. The number of piperidine rings is 2. The van der Waals surface area contributed by atoms with Crippen LogP contribution in [0, 0.1) is 37.5 Å². The summed E-state index contributed by atoms with van der Waals surface area (Å²) in [6.07, 6.45) is 5.59. The average Bonchev–Trinajstić information content (AvgIpc) is 4.01. The number of hydrogen-bond donors (Lipinski definition) is 3. The van der Waals surface area contributed by atoms with Crippen molar-refractivity contribution in [2.24, 2.45) is 23.7 Å². The molecule has 2 aromatic carbocycles. The third-order valence-corrected chi connectivity index (χ3v) is 10.6. The van der Waals surface area contributed by atoms with Gasteiger partial charge in [-0.25, -0.2) is 19.6 Å². The number of methoxy groups -OCH3 is 2. The Bertz CT molecular complexity index is 2010. The Hall–Kier alpha value is -5.66. The molecule has 284 valence electrons. The number of anilines is 4. The summed E-state index contributed by atoms with van der Waals surface area (Å²) in [5.74, 6) is 5.48. The predicted octanol–water partition coefficient (Wildman–Crippen LogP) is 5.60. The summed E-state index contributed by atoms with van der Waals surface area (Å²) in [5, 5.41) is 15.9. The summed E-state index contributed by atoms with van der Waals surface area (Å²) < 4.78 is 15.8. The maximum Gasteiger partial charge on any atom is 0.343 e. The molecule has 2 aliphatic carbocycles. The summed E-state index contributed by atoms with van der Waals surface area (Å²) >= 11 is 0. The number of hydrogen-bond acceptors (Lipinski definition) is 13. The largest absolute Gasteiger partial charge is 0.496 e. The number of esters is 1. The molecule has 2 saturated carbocycles. The van der Waals surface area contributed by atoms with E-state index < -0.39 is 11.9 Å². The predicted molar refractivity (Wildman–Crippen MR) is 205 cm³/mol. The number of carbonyl (C=O) groups excluding carboxylic acids is 1. The molecular formula is C40H48N8O6. The Labute approximate surface area is 315 Å². The van der Waals surface area contributed by atoms with Crippen molar-refractivity contribution in [3.05, 3.63) is 82.2 Å². The highest BCUT2D eigenvalue weighted by atomic mass is 16.5. The number of rotatable bonds is 13. The first-order valence-electron chi connectivity index (χ1n) is 18.5. The summed E-state index contributed by atoms with van der Waals surface area (Å²) in [6.45, 7) is 11.0. The molecule has 2 aromatic heterocycles. The fourth-order valence-electron chi connectivity index (χ4n) is 7.43. The van der Waals surface area contributed by atoms with Crippen LogP contribution >= 0.6 is 0 Å². The molecule has 0 bridgehead atoms. The van der Waals surface area contributed by atoms with Gasteiger partial charge in [0.2, 0.25) is 11.9 Å². The van der Waals surface area contributed by atoms with Crippen LogP contribution in [0.15, 0.2) is 48.8 Å². The van der Waals surface area contributed by atoms with Crippen LogP contribution in [0.3, 0.4) is 0 Å².